The summed E-state index contributed by atoms with van der Waals surface area (Å²) in [5, 5.41) is 0. The zero-order valence-corrected chi connectivity index (χ0v) is 14.3. The van der Waals surface area contributed by atoms with Crippen LogP contribution in [0.5, 0.6) is 0 Å². The van der Waals surface area contributed by atoms with Crippen LogP contribution in [0.1, 0.15) is 38.2 Å². The lowest BCUT2D eigenvalue weighted by molar-refractivity contribution is 0.125. The van der Waals surface area contributed by atoms with E-state index in [2.05, 4.69) is 59.1 Å². The molecule has 1 aliphatic rings. The summed E-state index contributed by atoms with van der Waals surface area (Å²) in [4.78, 5) is 2.45. The molecule has 1 aromatic rings. The maximum Gasteiger partial charge on any atom is 0.0247 e. The molecule has 1 aliphatic carbocycles. The molecule has 2 nitrogen and oxygen atoms in total. The summed E-state index contributed by atoms with van der Waals surface area (Å²) in [7, 11) is 2.22. The van der Waals surface area contributed by atoms with Crippen LogP contribution in [0.15, 0.2) is 28.7 Å². The molecule has 3 heteroatoms. The Labute approximate surface area is 131 Å². The monoisotopic (exact) mass is 338 g/mol. The molecule has 1 fully saturated rings. The van der Waals surface area contributed by atoms with Gasteiger partial charge in [0.25, 0.3) is 0 Å². The van der Waals surface area contributed by atoms with Gasteiger partial charge in [-0.3, -0.25) is 4.90 Å². The van der Waals surface area contributed by atoms with Crippen LogP contribution in [0.4, 0.5) is 0 Å². The van der Waals surface area contributed by atoms with E-state index in [-0.39, 0.29) is 0 Å². The van der Waals surface area contributed by atoms with Crippen LogP contribution >= 0.6 is 15.9 Å². The van der Waals surface area contributed by atoms with Crippen LogP contribution in [0.3, 0.4) is 0 Å². The Balaban J connectivity index is 1.99. The molecule has 112 valence electrons. The molecule has 3 atom stereocenters. The minimum absolute atomic E-state index is 0.511. The number of halogens is 1. The number of rotatable bonds is 5. The van der Waals surface area contributed by atoms with E-state index in [1.54, 1.807) is 0 Å². The van der Waals surface area contributed by atoms with Gasteiger partial charge in [-0.05, 0) is 49.4 Å². The Morgan fingerprint density at radius 1 is 1.40 bits per heavy atom. The summed E-state index contributed by atoms with van der Waals surface area (Å²) < 4.78 is 1.15. The van der Waals surface area contributed by atoms with Crippen molar-refractivity contribution in [2.75, 3.05) is 13.6 Å². The van der Waals surface area contributed by atoms with Crippen LogP contribution in [0.2, 0.25) is 0 Å². The highest BCUT2D eigenvalue weighted by molar-refractivity contribution is 9.10. The van der Waals surface area contributed by atoms with Crippen LogP contribution < -0.4 is 5.73 Å². The average Bonchev–Trinajstić information content (AvgIpc) is 2.39. The highest BCUT2D eigenvalue weighted by Crippen LogP contribution is 2.32. The van der Waals surface area contributed by atoms with Gasteiger partial charge in [-0.2, -0.15) is 0 Å². The molecule has 0 aliphatic heterocycles. The maximum absolute atomic E-state index is 6.08. The van der Waals surface area contributed by atoms with Crippen molar-refractivity contribution < 1.29 is 0 Å². The first kappa shape index (κ1) is 16.0. The Bertz CT molecular complexity index is 421. The number of nitrogens with zero attached hydrogens (tertiary/aromatic N) is 1. The smallest absolute Gasteiger partial charge is 0.0247 e. The lowest BCUT2D eigenvalue weighted by Gasteiger charge is -2.38. The van der Waals surface area contributed by atoms with Gasteiger partial charge in [0.1, 0.15) is 0 Å². The fraction of sp³-hybridized carbons (Fsp3) is 0.647. The van der Waals surface area contributed by atoms with Crippen LogP contribution in [-0.2, 0) is 6.54 Å². The van der Waals surface area contributed by atoms with E-state index in [1.807, 2.05) is 0 Å². The molecule has 0 radical (unpaired) electrons. The lowest BCUT2D eigenvalue weighted by Crippen LogP contribution is -2.44. The van der Waals surface area contributed by atoms with Gasteiger partial charge >= 0.3 is 0 Å². The minimum Gasteiger partial charge on any atom is -0.329 e. The summed E-state index contributed by atoms with van der Waals surface area (Å²) in [5.74, 6) is 1.63. The number of hydrogen-bond acceptors (Lipinski definition) is 2. The van der Waals surface area contributed by atoms with Crippen molar-refractivity contribution in [1.82, 2.24) is 4.90 Å². The van der Waals surface area contributed by atoms with Crippen LogP contribution in [-0.4, -0.2) is 24.5 Å². The molecular formula is C17H27BrN2. The van der Waals surface area contributed by atoms with Gasteiger partial charge in [-0.25, -0.2) is 0 Å². The third-order valence-electron chi connectivity index (χ3n) is 4.65. The molecule has 2 N–H and O–H groups in total. The first-order valence-electron chi connectivity index (χ1n) is 7.75. The van der Waals surface area contributed by atoms with E-state index in [4.69, 9.17) is 5.73 Å². The van der Waals surface area contributed by atoms with Crippen molar-refractivity contribution in [3.05, 3.63) is 34.3 Å². The molecule has 20 heavy (non-hydrogen) atoms. The van der Waals surface area contributed by atoms with Crippen molar-refractivity contribution in [2.45, 2.75) is 45.2 Å². The molecule has 0 aromatic heterocycles. The van der Waals surface area contributed by atoms with Crippen LogP contribution in [0.25, 0.3) is 0 Å². The van der Waals surface area contributed by atoms with E-state index in [0.717, 1.165) is 29.4 Å². The molecule has 0 saturated heterocycles. The number of nitrogens with two attached hydrogens (primary N) is 1. The maximum atomic E-state index is 6.08. The predicted octanol–water partition coefficient (Wildman–Crippen LogP) is 4.03. The molecular weight excluding hydrogens is 312 g/mol. The molecule has 0 heterocycles. The van der Waals surface area contributed by atoms with E-state index in [9.17, 15) is 0 Å². The molecule has 1 aromatic carbocycles. The van der Waals surface area contributed by atoms with Gasteiger partial charge in [-0.1, -0.05) is 47.8 Å². The number of benzene rings is 1. The van der Waals surface area contributed by atoms with E-state index in [1.165, 1.54) is 31.2 Å². The average molecular weight is 339 g/mol. The molecule has 2 rings (SSSR count). The topological polar surface area (TPSA) is 29.3 Å². The SMILES string of the molecule is CC1CCCC(C(CN)N(C)Cc2cccc(Br)c2)C1. The highest BCUT2D eigenvalue weighted by Gasteiger charge is 2.28. The fourth-order valence-electron chi connectivity index (χ4n) is 3.60. The van der Waals surface area contributed by atoms with Crippen LogP contribution in [0, 0.1) is 11.8 Å². The van der Waals surface area contributed by atoms with Gasteiger partial charge in [0.05, 0.1) is 0 Å². The third-order valence-corrected chi connectivity index (χ3v) is 5.14. The lowest BCUT2D eigenvalue weighted by atomic mass is 9.78. The first-order chi connectivity index (χ1) is 9.60. The zero-order valence-electron chi connectivity index (χ0n) is 12.7. The Morgan fingerprint density at radius 3 is 2.85 bits per heavy atom. The first-order valence-corrected chi connectivity index (χ1v) is 8.54. The van der Waals surface area contributed by atoms with E-state index >= 15 is 0 Å². The molecule has 0 amide bonds. The second kappa shape index (κ2) is 7.58. The van der Waals surface area contributed by atoms with Crippen molar-refractivity contribution in [3.63, 3.8) is 0 Å². The van der Waals surface area contributed by atoms with E-state index in [0.29, 0.717) is 6.04 Å². The largest absolute Gasteiger partial charge is 0.329 e. The van der Waals surface area contributed by atoms with Crippen molar-refractivity contribution in [3.8, 4) is 0 Å². The summed E-state index contributed by atoms with van der Waals surface area (Å²) in [6.07, 6.45) is 5.44. The van der Waals surface area contributed by atoms with Crippen molar-refractivity contribution in [1.29, 1.82) is 0 Å². The van der Waals surface area contributed by atoms with Crippen molar-refractivity contribution >= 4 is 15.9 Å². The summed E-state index contributed by atoms with van der Waals surface area (Å²) in [6.45, 7) is 4.13. The number of likely N-dealkylation sites (N-methyl/N-ethyl adjacent to an activating group) is 1. The van der Waals surface area contributed by atoms with E-state index < -0.39 is 0 Å². The quantitative estimate of drug-likeness (QED) is 0.877. The summed E-state index contributed by atoms with van der Waals surface area (Å²) in [5.41, 5.74) is 7.43. The van der Waals surface area contributed by atoms with Gasteiger partial charge in [0.15, 0.2) is 0 Å². The van der Waals surface area contributed by atoms with Gasteiger partial charge in [0, 0.05) is 23.6 Å². The number of hydrogen-bond donors (Lipinski definition) is 1. The Kier molecular flexibility index (Phi) is 6.06. The zero-order chi connectivity index (χ0) is 14.5. The predicted molar refractivity (Wildman–Crippen MR) is 89.6 cm³/mol. The molecule has 1 saturated carbocycles. The second-order valence-electron chi connectivity index (χ2n) is 6.38. The molecule has 0 spiro atoms. The highest BCUT2D eigenvalue weighted by atomic mass is 79.9. The molecule has 0 bridgehead atoms. The van der Waals surface area contributed by atoms with Gasteiger partial charge in [-0.15, -0.1) is 0 Å². The van der Waals surface area contributed by atoms with Gasteiger partial charge < -0.3 is 5.73 Å². The Morgan fingerprint density at radius 2 is 2.20 bits per heavy atom. The third kappa shape index (κ3) is 4.31. The Hall–Kier alpha value is -0.380. The standard InChI is InChI=1S/C17H27BrN2/c1-13-5-3-7-15(9-13)17(11-19)20(2)12-14-6-4-8-16(18)10-14/h4,6,8,10,13,15,17H,3,5,7,9,11-12,19H2,1-2H3. The van der Waals surface area contributed by atoms with Gasteiger partial charge in [0.2, 0.25) is 0 Å². The normalized spacial score (nSPS) is 24.9. The molecule has 3 unspecified atom stereocenters. The minimum atomic E-state index is 0.511. The second-order valence-corrected chi connectivity index (χ2v) is 7.30. The van der Waals surface area contributed by atoms with Crippen molar-refractivity contribution in [2.24, 2.45) is 17.6 Å². The summed E-state index contributed by atoms with van der Waals surface area (Å²) in [6, 6.07) is 9.09. The summed E-state index contributed by atoms with van der Waals surface area (Å²) >= 11 is 3.55. The fourth-order valence-corrected chi connectivity index (χ4v) is 4.05.